The van der Waals surface area contributed by atoms with Gasteiger partial charge in [0.25, 0.3) is 0 Å². The summed E-state index contributed by atoms with van der Waals surface area (Å²) in [4.78, 5) is 12.1. The molecule has 1 fully saturated rings. The number of nitrogens with one attached hydrogen (secondary N) is 1. The van der Waals surface area contributed by atoms with E-state index < -0.39 is 0 Å². The fraction of sp³-hybridized carbons (Fsp3) is 0.667. The van der Waals surface area contributed by atoms with E-state index in [1.165, 1.54) is 10.9 Å². The summed E-state index contributed by atoms with van der Waals surface area (Å²) in [6, 6.07) is 0. The molecule has 0 bridgehead atoms. The van der Waals surface area contributed by atoms with Crippen molar-refractivity contribution in [2.24, 2.45) is 12.5 Å². The number of ketones is 1. The Balaban J connectivity index is 2.28. The predicted octanol–water partition coefficient (Wildman–Crippen LogP) is -0.00260. The van der Waals surface area contributed by atoms with E-state index in [0.29, 0.717) is 5.69 Å². The van der Waals surface area contributed by atoms with E-state index >= 15 is 0 Å². The van der Waals surface area contributed by atoms with Gasteiger partial charge in [-0.25, -0.2) is 4.68 Å². The van der Waals surface area contributed by atoms with Gasteiger partial charge in [-0.05, 0) is 13.0 Å². The number of Topliss-reactive ketones (excluding diaryl/α,β-unsaturated/α-hetero) is 1. The average molecular weight is 194 g/mol. The Morgan fingerprint density at radius 2 is 2.50 bits per heavy atom. The normalized spacial score (nSPS) is 26.7. The van der Waals surface area contributed by atoms with Gasteiger partial charge in [-0.1, -0.05) is 12.1 Å². The summed E-state index contributed by atoms with van der Waals surface area (Å²) >= 11 is 0. The molecule has 1 aliphatic heterocycles. The minimum atomic E-state index is -0.282. The van der Waals surface area contributed by atoms with Crippen LogP contribution in [0.15, 0.2) is 6.20 Å². The van der Waals surface area contributed by atoms with E-state index in [2.05, 4.69) is 15.6 Å². The Kier molecular flexibility index (Phi) is 2.11. The molecule has 1 aromatic rings. The molecular formula is C9H14N4O. The van der Waals surface area contributed by atoms with Gasteiger partial charge >= 0.3 is 0 Å². The number of hydrogen-bond donors (Lipinski definition) is 1. The molecule has 5 nitrogen and oxygen atoms in total. The Hall–Kier alpha value is -1.23. The van der Waals surface area contributed by atoms with Crippen LogP contribution in [0.3, 0.4) is 0 Å². The molecule has 0 aromatic carbocycles. The highest BCUT2D eigenvalue weighted by Crippen LogP contribution is 2.28. The third kappa shape index (κ3) is 1.33. The number of carbonyl (C=O) groups excluding carboxylic acids is 1. The molecule has 2 heterocycles. The molecule has 1 unspecified atom stereocenters. The molecule has 0 aliphatic carbocycles. The second-order valence-corrected chi connectivity index (χ2v) is 4.06. The molecule has 5 heteroatoms. The van der Waals surface area contributed by atoms with Crippen LogP contribution in [0.25, 0.3) is 0 Å². The number of aromatic nitrogens is 3. The van der Waals surface area contributed by atoms with E-state index in [1.54, 1.807) is 7.05 Å². The van der Waals surface area contributed by atoms with Crippen molar-refractivity contribution < 1.29 is 4.79 Å². The van der Waals surface area contributed by atoms with E-state index in [9.17, 15) is 4.79 Å². The van der Waals surface area contributed by atoms with Gasteiger partial charge in [0.2, 0.25) is 0 Å². The van der Waals surface area contributed by atoms with Crippen molar-refractivity contribution in [1.82, 2.24) is 20.3 Å². The molecular weight excluding hydrogens is 180 g/mol. The van der Waals surface area contributed by atoms with Crippen molar-refractivity contribution in [2.75, 3.05) is 13.1 Å². The van der Waals surface area contributed by atoms with Crippen LogP contribution in [0, 0.1) is 5.41 Å². The molecule has 1 N–H and O–H groups in total. The maximum absolute atomic E-state index is 12.1. The third-order valence-corrected chi connectivity index (χ3v) is 2.86. The van der Waals surface area contributed by atoms with Crippen LogP contribution in [0.5, 0.6) is 0 Å². The van der Waals surface area contributed by atoms with E-state index in [-0.39, 0.29) is 11.2 Å². The van der Waals surface area contributed by atoms with Gasteiger partial charge in [0.05, 0.1) is 6.20 Å². The van der Waals surface area contributed by atoms with Gasteiger partial charge in [0, 0.05) is 19.0 Å². The quantitative estimate of drug-likeness (QED) is 0.673. The Morgan fingerprint density at radius 3 is 3.00 bits per heavy atom. The molecule has 14 heavy (non-hydrogen) atoms. The van der Waals surface area contributed by atoms with E-state index in [1.807, 2.05) is 6.92 Å². The van der Waals surface area contributed by atoms with Crippen LogP contribution in [-0.4, -0.2) is 33.9 Å². The summed E-state index contributed by atoms with van der Waals surface area (Å²) in [7, 11) is 1.74. The smallest absolute Gasteiger partial charge is 0.189 e. The van der Waals surface area contributed by atoms with Gasteiger partial charge in [-0.2, -0.15) is 0 Å². The molecule has 1 aromatic heterocycles. The van der Waals surface area contributed by atoms with Gasteiger partial charge < -0.3 is 5.32 Å². The monoisotopic (exact) mass is 194 g/mol. The second-order valence-electron chi connectivity index (χ2n) is 4.06. The van der Waals surface area contributed by atoms with Gasteiger partial charge in [-0.15, -0.1) is 5.10 Å². The third-order valence-electron chi connectivity index (χ3n) is 2.86. The summed E-state index contributed by atoms with van der Waals surface area (Å²) < 4.78 is 1.53. The molecule has 1 atom stereocenters. The SMILES string of the molecule is Cn1nncc1C(=O)C1(C)CCNC1. The highest BCUT2D eigenvalue weighted by atomic mass is 16.1. The molecule has 0 amide bonds. The van der Waals surface area contributed by atoms with E-state index in [0.717, 1.165) is 19.5 Å². The molecule has 1 saturated heterocycles. The van der Waals surface area contributed by atoms with Crippen LogP contribution in [0.1, 0.15) is 23.8 Å². The Morgan fingerprint density at radius 1 is 1.71 bits per heavy atom. The molecule has 1 aliphatic rings. The van der Waals surface area contributed by atoms with Crippen molar-refractivity contribution in [2.45, 2.75) is 13.3 Å². The molecule has 0 radical (unpaired) electrons. The van der Waals surface area contributed by atoms with Crippen LogP contribution in [-0.2, 0) is 7.05 Å². The van der Waals surface area contributed by atoms with Crippen molar-refractivity contribution in [3.05, 3.63) is 11.9 Å². The van der Waals surface area contributed by atoms with Crippen LogP contribution >= 0.6 is 0 Å². The minimum absolute atomic E-state index is 0.134. The van der Waals surface area contributed by atoms with Gasteiger partial charge in [0.15, 0.2) is 5.78 Å². The largest absolute Gasteiger partial charge is 0.316 e. The van der Waals surface area contributed by atoms with Crippen molar-refractivity contribution in [3.8, 4) is 0 Å². The van der Waals surface area contributed by atoms with Crippen LogP contribution < -0.4 is 5.32 Å². The van der Waals surface area contributed by atoms with E-state index in [4.69, 9.17) is 0 Å². The summed E-state index contributed by atoms with van der Waals surface area (Å²) in [6.07, 6.45) is 2.42. The lowest BCUT2D eigenvalue weighted by Gasteiger charge is -2.19. The van der Waals surface area contributed by atoms with Crippen molar-refractivity contribution in [3.63, 3.8) is 0 Å². The lowest BCUT2D eigenvalue weighted by Crippen LogP contribution is -2.31. The van der Waals surface area contributed by atoms with Crippen LogP contribution in [0.4, 0.5) is 0 Å². The Labute approximate surface area is 82.5 Å². The highest BCUT2D eigenvalue weighted by molar-refractivity contribution is 5.99. The summed E-state index contributed by atoms with van der Waals surface area (Å²) in [6.45, 7) is 3.65. The highest BCUT2D eigenvalue weighted by Gasteiger charge is 2.38. The van der Waals surface area contributed by atoms with Gasteiger partial charge in [-0.3, -0.25) is 4.79 Å². The predicted molar refractivity (Wildman–Crippen MR) is 50.9 cm³/mol. The number of rotatable bonds is 2. The Bertz CT molecular complexity index is 351. The topological polar surface area (TPSA) is 59.8 Å². The summed E-state index contributed by atoms with van der Waals surface area (Å²) in [5.41, 5.74) is 0.311. The van der Waals surface area contributed by atoms with Crippen molar-refractivity contribution in [1.29, 1.82) is 0 Å². The average Bonchev–Trinajstić information content (AvgIpc) is 2.74. The number of hydrogen-bond acceptors (Lipinski definition) is 4. The first kappa shape index (κ1) is 9.33. The fourth-order valence-electron chi connectivity index (χ4n) is 1.82. The molecule has 2 rings (SSSR count). The first-order valence-corrected chi connectivity index (χ1v) is 4.74. The number of aryl methyl sites for hydroxylation is 1. The van der Waals surface area contributed by atoms with Crippen LogP contribution in [0.2, 0.25) is 0 Å². The molecule has 0 spiro atoms. The summed E-state index contributed by atoms with van der Waals surface area (Å²) in [5, 5.41) is 10.7. The fourth-order valence-corrected chi connectivity index (χ4v) is 1.82. The second kappa shape index (κ2) is 3.16. The maximum Gasteiger partial charge on any atom is 0.189 e. The molecule has 0 saturated carbocycles. The standard InChI is InChI=1S/C9H14N4O/c1-9(3-4-10-6-9)8(14)7-5-11-12-13(7)2/h5,10H,3-4,6H2,1-2H3. The number of carbonyl (C=O) groups is 1. The number of nitrogens with zero attached hydrogens (tertiary/aromatic N) is 3. The summed E-state index contributed by atoms with van der Waals surface area (Å²) in [5.74, 6) is 0.134. The lowest BCUT2D eigenvalue weighted by atomic mass is 9.83. The minimum Gasteiger partial charge on any atom is -0.316 e. The molecule has 76 valence electrons. The zero-order valence-electron chi connectivity index (χ0n) is 8.45. The lowest BCUT2D eigenvalue weighted by molar-refractivity contribution is 0.0829. The zero-order chi connectivity index (χ0) is 10.2. The first-order valence-electron chi connectivity index (χ1n) is 4.74. The van der Waals surface area contributed by atoms with Crippen molar-refractivity contribution >= 4 is 5.78 Å². The maximum atomic E-state index is 12.1. The van der Waals surface area contributed by atoms with Gasteiger partial charge in [0.1, 0.15) is 5.69 Å². The zero-order valence-corrected chi connectivity index (χ0v) is 8.45. The first-order chi connectivity index (χ1) is 6.63.